The van der Waals surface area contributed by atoms with Crippen LogP contribution in [-0.2, 0) is 22.5 Å². The maximum Gasteiger partial charge on any atom is 0.410 e. The summed E-state index contributed by atoms with van der Waals surface area (Å²) < 4.78 is 5.42. The van der Waals surface area contributed by atoms with Gasteiger partial charge in [0.25, 0.3) is 5.91 Å². The molecule has 2 aromatic rings. The molecule has 0 aromatic carbocycles. The zero-order valence-electron chi connectivity index (χ0n) is 16.8. The van der Waals surface area contributed by atoms with Crippen molar-refractivity contribution in [3.63, 3.8) is 0 Å². The molecule has 156 valence electrons. The standard InChI is InChI=1S/C19H24N4O4S2/c1-11-5-6-13(28-11)16(25)20-9-15(24)22-17-21-12-7-8-23(10-14(12)29-17)18(26)27-19(2,3)4/h5-6H,7-10H2,1-4H3,(H,20,25)(H,21,22,24). The summed E-state index contributed by atoms with van der Waals surface area (Å²) in [5.74, 6) is -0.619. The van der Waals surface area contributed by atoms with Gasteiger partial charge in [0.15, 0.2) is 5.13 Å². The molecule has 8 nitrogen and oxygen atoms in total. The smallest absolute Gasteiger partial charge is 0.410 e. The second kappa shape index (κ2) is 8.50. The summed E-state index contributed by atoms with van der Waals surface area (Å²) in [4.78, 5) is 45.1. The Balaban J connectivity index is 1.52. The highest BCUT2D eigenvalue weighted by Crippen LogP contribution is 2.29. The molecule has 3 rings (SSSR count). The van der Waals surface area contributed by atoms with Gasteiger partial charge >= 0.3 is 6.09 Å². The molecule has 3 amide bonds. The predicted molar refractivity (Wildman–Crippen MR) is 112 cm³/mol. The zero-order valence-corrected chi connectivity index (χ0v) is 18.5. The predicted octanol–water partition coefficient (Wildman–Crippen LogP) is 3.17. The van der Waals surface area contributed by atoms with Gasteiger partial charge in [0, 0.05) is 22.7 Å². The van der Waals surface area contributed by atoms with Crippen LogP contribution < -0.4 is 10.6 Å². The Morgan fingerprint density at radius 3 is 2.66 bits per heavy atom. The molecule has 3 heterocycles. The number of fused-ring (bicyclic) bond motifs is 1. The Morgan fingerprint density at radius 1 is 1.24 bits per heavy atom. The van der Waals surface area contributed by atoms with Gasteiger partial charge in [0.05, 0.1) is 23.7 Å². The van der Waals surface area contributed by atoms with E-state index in [1.807, 2.05) is 33.8 Å². The maximum atomic E-state index is 12.3. The van der Waals surface area contributed by atoms with Crippen LogP contribution >= 0.6 is 22.7 Å². The quantitative estimate of drug-likeness (QED) is 0.767. The lowest BCUT2D eigenvalue weighted by atomic mass is 10.2. The number of hydrogen-bond donors (Lipinski definition) is 2. The second-order valence-electron chi connectivity index (χ2n) is 7.68. The van der Waals surface area contributed by atoms with Crippen LogP contribution in [0.15, 0.2) is 12.1 Å². The van der Waals surface area contributed by atoms with Crippen molar-refractivity contribution in [2.75, 3.05) is 18.4 Å². The van der Waals surface area contributed by atoms with Gasteiger partial charge in [-0.2, -0.15) is 0 Å². The number of ether oxygens (including phenoxy) is 1. The largest absolute Gasteiger partial charge is 0.444 e. The van der Waals surface area contributed by atoms with Gasteiger partial charge in [0.1, 0.15) is 5.60 Å². The molecule has 0 saturated carbocycles. The molecule has 0 atom stereocenters. The van der Waals surface area contributed by atoms with E-state index in [4.69, 9.17) is 4.74 Å². The van der Waals surface area contributed by atoms with Gasteiger partial charge < -0.3 is 20.3 Å². The lowest BCUT2D eigenvalue weighted by Gasteiger charge is -2.29. The van der Waals surface area contributed by atoms with Crippen LogP contribution in [0.3, 0.4) is 0 Å². The molecule has 0 bridgehead atoms. The number of aromatic nitrogens is 1. The summed E-state index contributed by atoms with van der Waals surface area (Å²) in [7, 11) is 0. The average Bonchev–Trinajstić information content (AvgIpc) is 3.23. The number of hydrogen-bond acceptors (Lipinski definition) is 7. The first-order chi connectivity index (χ1) is 13.6. The third kappa shape index (κ3) is 5.77. The van der Waals surface area contributed by atoms with Crippen LogP contribution in [0, 0.1) is 6.92 Å². The summed E-state index contributed by atoms with van der Waals surface area (Å²) >= 11 is 2.71. The number of nitrogens with zero attached hydrogens (tertiary/aromatic N) is 2. The maximum absolute atomic E-state index is 12.3. The summed E-state index contributed by atoms with van der Waals surface area (Å²) in [5, 5.41) is 5.79. The summed E-state index contributed by atoms with van der Waals surface area (Å²) in [6, 6.07) is 3.60. The monoisotopic (exact) mass is 436 g/mol. The van der Waals surface area contributed by atoms with Crippen LogP contribution in [0.1, 0.15) is 45.9 Å². The van der Waals surface area contributed by atoms with Gasteiger partial charge in [0.2, 0.25) is 5.91 Å². The Morgan fingerprint density at radius 2 is 2.00 bits per heavy atom. The molecule has 0 aliphatic carbocycles. The topological polar surface area (TPSA) is 101 Å². The molecule has 0 fully saturated rings. The minimum absolute atomic E-state index is 0.135. The number of thiazole rings is 1. The molecule has 1 aliphatic heterocycles. The minimum atomic E-state index is -0.545. The molecule has 0 radical (unpaired) electrons. The van der Waals surface area contributed by atoms with Crippen molar-refractivity contribution in [1.82, 2.24) is 15.2 Å². The number of carbonyl (C=O) groups is 3. The number of carbonyl (C=O) groups excluding carboxylic acids is 3. The SMILES string of the molecule is Cc1ccc(C(=O)NCC(=O)Nc2nc3c(s2)CN(C(=O)OC(C)(C)C)CC3)s1. The van der Waals surface area contributed by atoms with Crippen molar-refractivity contribution in [3.8, 4) is 0 Å². The first-order valence-corrected chi connectivity index (χ1v) is 10.8. The van der Waals surface area contributed by atoms with Crippen LogP contribution in [0.25, 0.3) is 0 Å². The van der Waals surface area contributed by atoms with E-state index in [-0.39, 0.29) is 24.5 Å². The van der Waals surface area contributed by atoms with Gasteiger partial charge in [-0.25, -0.2) is 9.78 Å². The average molecular weight is 437 g/mol. The van der Waals surface area contributed by atoms with E-state index in [1.165, 1.54) is 22.7 Å². The van der Waals surface area contributed by atoms with E-state index in [9.17, 15) is 14.4 Å². The Bertz CT molecular complexity index is 929. The van der Waals surface area contributed by atoms with Crippen LogP contribution in [0.5, 0.6) is 0 Å². The number of aryl methyl sites for hydroxylation is 1. The first kappa shape index (κ1) is 21.3. The minimum Gasteiger partial charge on any atom is -0.444 e. The fraction of sp³-hybridized carbons (Fsp3) is 0.474. The molecule has 29 heavy (non-hydrogen) atoms. The molecule has 0 spiro atoms. The Kier molecular flexibility index (Phi) is 6.23. The highest BCUT2D eigenvalue weighted by molar-refractivity contribution is 7.16. The number of nitrogens with one attached hydrogen (secondary N) is 2. The van der Waals surface area contributed by atoms with Crippen molar-refractivity contribution in [1.29, 1.82) is 0 Å². The molecular formula is C19H24N4O4S2. The summed E-state index contributed by atoms with van der Waals surface area (Å²) in [5.41, 5.74) is 0.333. The zero-order chi connectivity index (χ0) is 21.2. The molecule has 2 aromatic heterocycles. The van der Waals surface area contributed by atoms with Crippen LogP contribution in [0.2, 0.25) is 0 Å². The third-order valence-corrected chi connectivity index (χ3v) is 6.00. The van der Waals surface area contributed by atoms with Crippen molar-refractivity contribution in [3.05, 3.63) is 32.5 Å². The van der Waals surface area contributed by atoms with Crippen molar-refractivity contribution >= 4 is 45.7 Å². The number of amides is 3. The highest BCUT2D eigenvalue weighted by atomic mass is 32.1. The lowest BCUT2D eigenvalue weighted by molar-refractivity contribution is -0.115. The molecular weight excluding hydrogens is 412 g/mol. The molecule has 0 saturated heterocycles. The molecule has 2 N–H and O–H groups in total. The van der Waals surface area contributed by atoms with E-state index in [0.29, 0.717) is 29.5 Å². The van der Waals surface area contributed by atoms with Gasteiger partial charge in [-0.05, 0) is 39.8 Å². The van der Waals surface area contributed by atoms with E-state index in [0.717, 1.165) is 15.4 Å². The molecule has 0 unspecified atom stereocenters. The second-order valence-corrected chi connectivity index (χ2v) is 10.1. The van der Waals surface area contributed by atoms with Gasteiger partial charge in [-0.1, -0.05) is 11.3 Å². The summed E-state index contributed by atoms with van der Waals surface area (Å²) in [6.07, 6.45) is 0.253. The fourth-order valence-corrected chi connectivity index (χ4v) is 4.52. The van der Waals surface area contributed by atoms with Crippen molar-refractivity contribution < 1.29 is 19.1 Å². The van der Waals surface area contributed by atoms with Gasteiger partial charge in [-0.15, -0.1) is 11.3 Å². The Hall–Kier alpha value is -2.46. The highest BCUT2D eigenvalue weighted by Gasteiger charge is 2.28. The van der Waals surface area contributed by atoms with Gasteiger partial charge in [-0.3, -0.25) is 9.59 Å². The lowest BCUT2D eigenvalue weighted by Crippen LogP contribution is -2.39. The van der Waals surface area contributed by atoms with Crippen LogP contribution in [0.4, 0.5) is 9.93 Å². The van der Waals surface area contributed by atoms with E-state index < -0.39 is 5.60 Å². The van der Waals surface area contributed by atoms with E-state index >= 15 is 0 Å². The summed E-state index contributed by atoms with van der Waals surface area (Å²) in [6.45, 7) is 8.21. The number of thiophene rings is 1. The van der Waals surface area contributed by atoms with E-state index in [1.54, 1.807) is 11.0 Å². The fourth-order valence-electron chi connectivity index (χ4n) is 2.70. The van der Waals surface area contributed by atoms with Crippen LogP contribution in [-0.4, -0.2) is 46.5 Å². The number of anilines is 1. The third-order valence-electron chi connectivity index (χ3n) is 4.00. The van der Waals surface area contributed by atoms with Crippen molar-refractivity contribution in [2.45, 2.75) is 46.3 Å². The first-order valence-electron chi connectivity index (χ1n) is 9.22. The molecule has 1 aliphatic rings. The molecule has 10 heteroatoms. The Labute approximate surface area is 177 Å². The van der Waals surface area contributed by atoms with Crippen molar-refractivity contribution in [2.24, 2.45) is 0 Å². The van der Waals surface area contributed by atoms with E-state index in [2.05, 4.69) is 15.6 Å². The normalized spacial score (nSPS) is 13.6. The number of rotatable bonds is 4.